The van der Waals surface area contributed by atoms with Crippen molar-refractivity contribution in [3.05, 3.63) is 42.0 Å². The van der Waals surface area contributed by atoms with Crippen molar-refractivity contribution >= 4 is 11.8 Å². The molecule has 0 aromatic heterocycles. The molecule has 0 aliphatic carbocycles. The lowest BCUT2D eigenvalue weighted by molar-refractivity contribution is -0.135. The Hall–Kier alpha value is -2.38. The summed E-state index contributed by atoms with van der Waals surface area (Å²) in [5, 5.41) is 3.14. The molecule has 0 unspecified atom stereocenters. The van der Waals surface area contributed by atoms with Crippen LogP contribution in [0.4, 0.5) is 0 Å². The molecule has 204 valence electrons. The van der Waals surface area contributed by atoms with Gasteiger partial charge in [0.05, 0.1) is 6.54 Å². The first-order valence-electron chi connectivity index (χ1n) is 14.1. The minimum atomic E-state index is 0.0727. The summed E-state index contributed by atoms with van der Waals surface area (Å²) in [6.45, 7) is 14.3. The van der Waals surface area contributed by atoms with Gasteiger partial charge >= 0.3 is 0 Å². The molecule has 1 aromatic rings. The normalized spacial score (nSPS) is 24.8. The molecule has 2 fully saturated rings. The molecule has 2 saturated heterocycles. The van der Waals surface area contributed by atoms with Gasteiger partial charge in [-0.05, 0) is 55.7 Å². The minimum Gasteiger partial charge on any atom is -0.489 e. The average Bonchev–Trinajstić information content (AvgIpc) is 3.35. The Kier molecular flexibility index (Phi) is 9.65. The van der Waals surface area contributed by atoms with Gasteiger partial charge in [0, 0.05) is 51.3 Å². The van der Waals surface area contributed by atoms with Gasteiger partial charge in [0.25, 0.3) is 0 Å². The summed E-state index contributed by atoms with van der Waals surface area (Å²) < 4.78 is 6.17. The molecule has 0 saturated carbocycles. The maximum Gasteiger partial charge on any atom is 0.236 e. The van der Waals surface area contributed by atoms with Crippen LogP contribution in [0, 0.1) is 17.3 Å². The van der Waals surface area contributed by atoms with Crippen molar-refractivity contribution in [3.8, 4) is 5.75 Å². The molecule has 4 rings (SSSR count). The van der Waals surface area contributed by atoms with Crippen LogP contribution in [0.1, 0.15) is 52.0 Å². The van der Waals surface area contributed by atoms with Crippen molar-refractivity contribution in [3.63, 3.8) is 0 Å². The molecule has 37 heavy (non-hydrogen) atoms. The third-order valence-electron chi connectivity index (χ3n) is 7.70. The predicted molar refractivity (Wildman–Crippen MR) is 147 cm³/mol. The van der Waals surface area contributed by atoms with E-state index >= 15 is 0 Å². The fourth-order valence-electron chi connectivity index (χ4n) is 5.91. The Morgan fingerprint density at radius 1 is 1.08 bits per heavy atom. The monoisotopic (exact) mass is 510 g/mol. The van der Waals surface area contributed by atoms with E-state index in [9.17, 15) is 9.59 Å². The molecule has 0 radical (unpaired) electrons. The van der Waals surface area contributed by atoms with Crippen LogP contribution >= 0.6 is 0 Å². The Balaban J connectivity index is 1.43. The molecule has 1 N–H and O–H groups in total. The zero-order valence-corrected chi connectivity index (χ0v) is 23.1. The molecular weight excluding hydrogens is 464 g/mol. The van der Waals surface area contributed by atoms with Gasteiger partial charge in [0.1, 0.15) is 12.4 Å². The van der Waals surface area contributed by atoms with E-state index in [1.807, 2.05) is 23.1 Å². The van der Waals surface area contributed by atoms with Crippen LogP contribution in [0.5, 0.6) is 5.75 Å². The predicted octanol–water partition coefficient (Wildman–Crippen LogP) is 3.55. The van der Waals surface area contributed by atoms with Gasteiger partial charge in [-0.2, -0.15) is 0 Å². The first-order chi connectivity index (χ1) is 17.8. The summed E-state index contributed by atoms with van der Waals surface area (Å²) in [4.78, 5) is 32.9. The van der Waals surface area contributed by atoms with Crippen molar-refractivity contribution < 1.29 is 14.3 Å². The van der Waals surface area contributed by atoms with Crippen LogP contribution in [0.25, 0.3) is 0 Å². The summed E-state index contributed by atoms with van der Waals surface area (Å²) in [5.41, 5.74) is 1.18. The molecule has 2 atom stereocenters. The average molecular weight is 511 g/mol. The summed E-state index contributed by atoms with van der Waals surface area (Å²) in [7, 11) is 0. The van der Waals surface area contributed by atoms with Gasteiger partial charge in [-0.3, -0.25) is 14.5 Å². The number of piperidine rings is 1. The second-order valence-electron chi connectivity index (χ2n) is 12.2. The third-order valence-corrected chi connectivity index (χ3v) is 7.70. The fourth-order valence-corrected chi connectivity index (χ4v) is 5.91. The number of nitrogens with one attached hydrogen (secondary N) is 1. The first-order valence-corrected chi connectivity index (χ1v) is 14.1. The fraction of sp³-hybridized carbons (Fsp3) is 0.667. The van der Waals surface area contributed by atoms with Crippen LogP contribution in [0.15, 0.2) is 36.4 Å². The first kappa shape index (κ1) is 27.6. The quantitative estimate of drug-likeness (QED) is 0.593. The summed E-state index contributed by atoms with van der Waals surface area (Å²) >= 11 is 0. The van der Waals surface area contributed by atoms with Gasteiger partial charge in [-0.1, -0.05) is 51.1 Å². The topological polar surface area (TPSA) is 65.1 Å². The molecule has 7 heteroatoms. The second-order valence-corrected chi connectivity index (χ2v) is 12.2. The minimum absolute atomic E-state index is 0.0727. The number of carbonyl (C=O) groups excluding carboxylic acids is 2. The summed E-state index contributed by atoms with van der Waals surface area (Å²) in [5.74, 6) is 1.55. The Morgan fingerprint density at radius 2 is 1.86 bits per heavy atom. The molecule has 7 nitrogen and oxygen atoms in total. The number of hydrogen-bond donors (Lipinski definition) is 1. The molecule has 0 spiro atoms. The van der Waals surface area contributed by atoms with E-state index in [1.165, 1.54) is 12.8 Å². The maximum atomic E-state index is 13.5. The van der Waals surface area contributed by atoms with Crippen molar-refractivity contribution in [2.45, 2.75) is 53.0 Å². The van der Waals surface area contributed by atoms with Crippen LogP contribution < -0.4 is 10.1 Å². The van der Waals surface area contributed by atoms with Crippen molar-refractivity contribution in [1.82, 2.24) is 20.0 Å². The lowest BCUT2D eigenvalue weighted by Crippen LogP contribution is -2.48. The number of benzene rings is 1. The molecule has 1 aromatic carbocycles. The van der Waals surface area contributed by atoms with E-state index in [1.54, 1.807) is 0 Å². The standard InChI is InChI=1S/C30H46N4O3/c1-30(2,3)23-33-20-26-9-4-5-11-27(26)37-18-8-10-25-21-34(29(36)22-33)16-12-24(25)19-28(35)31-13-17-32-14-6-7-15-32/h4-5,8-11,24-25H,6-7,12-23H2,1-3H3,(H,31,35)/b10-8+/t24-,25-/m0/s1. The number of nitrogens with zero attached hydrogens (tertiary/aromatic N) is 3. The number of likely N-dealkylation sites (tertiary alicyclic amines) is 1. The number of rotatable bonds is 6. The van der Waals surface area contributed by atoms with Crippen LogP contribution in [-0.4, -0.2) is 85.5 Å². The van der Waals surface area contributed by atoms with Gasteiger partial charge in [0.15, 0.2) is 0 Å². The second kappa shape index (κ2) is 12.9. The number of fused-ring (bicyclic) bond motifs is 3. The number of para-hydroxylation sites is 1. The highest BCUT2D eigenvalue weighted by Gasteiger charge is 2.32. The molecule has 3 heterocycles. The lowest BCUT2D eigenvalue weighted by Gasteiger charge is -2.38. The SMILES string of the molecule is CC(C)(C)CN1CC(=O)N2CC[C@@H](CC(=O)NCCN3CCCC3)[C@@H](/C=C/COc3ccccc3C1)C2. The summed E-state index contributed by atoms with van der Waals surface area (Å²) in [6, 6.07) is 8.13. The molecule has 3 aliphatic rings. The number of hydrogen-bond acceptors (Lipinski definition) is 5. The van der Waals surface area contributed by atoms with Crippen LogP contribution in [0.3, 0.4) is 0 Å². The number of ether oxygens (including phenoxy) is 1. The number of amides is 2. The zero-order valence-electron chi connectivity index (χ0n) is 23.1. The van der Waals surface area contributed by atoms with E-state index in [-0.39, 0.29) is 29.1 Å². The largest absolute Gasteiger partial charge is 0.489 e. The zero-order chi connectivity index (χ0) is 26.3. The van der Waals surface area contributed by atoms with E-state index in [0.29, 0.717) is 45.8 Å². The Labute approximate surface area is 223 Å². The van der Waals surface area contributed by atoms with E-state index in [4.69, 9.17) is 4.74 Å². The smallest absolute Gasteiger partial charge is 0.236 e. The highest BCUT2D eigenvalue weighted by Crippen LogP contribution is 2.29. The van der Waals surface area contributed by atoms with Crippen molar-refractivity contribution in [2.24, 2.45) is 17.3 Å². The summed E-state index contributed by atoms with van der Waals surface area (Å²) in [6.07, 6.45) is 8.14. The van der Waals surface area contributed by atoms with Crippen LogP contribution in [0.2, 0.25) is 0 Å². The Bertz CT molecular complexity index is 935. The van der Waals surface area contributed by atoms with E-state index in [0.717, 1.165) is 43.9 Å². The van der Waals surface area contributed by atoms with Gasteiger partial charge < -0.3 is 19.9 Å². The van der Waals surface area contributed by atoms with Gasteiger partial charge in [-0.15, -0.1) is 0 Å². The highest BCUT2D eigenvalue weighted by atomic mass is 16.5. The van der Waals surface area contributed by atoms with E-state index in [2.05, 4.69) is 54.1 Å². The molecule has 2 bridgehead atoms. The van der Waals surface area contributed by atoms with Crippen molar-refractivity contribution in [1.29, 1.82) is 0 Å². The molecular formula is C30H46N4O3. The van der Waals surface area contributed by atoms with Crippen LogP contribution in [-0.2, 0) is 16.1 Å². The molecule has 2 amide bonds. The molecule has 3 aliphatic heterocycles. The van der Waals surface area contributed by atoms with Gasteiger partial charge in [-0.25, -0.2) is 0 Å². The maximum absolute atomic E-state index is 13.5. The lowest BCUT2D eigenvalue weighted by atomic mass is 9.82. The van der Waals surface area contributed by atoms with E-state index < -0.39 is 0 Å². The van der Waals surface area contributed by atoms with Gasteiger partial charge in [0.2, 0.25) is 11.8 Å². The van der Waals surface area contributed by atoms with Crippen molar-refractivity contribution in [2.75, 3.05) is 59.0 Å². The third kappa shape index (κ3) is 8.57. The number of carbonyl (C=O) groups is 2. The highest BCUT2D eigenvalue weighted by molar-refractivity contribution is 5.79. The Morgan fingerprint density at radius 3 is 2.65 bits per heavy atom.